The molecule has 17 heavy (non-hydrogen) atoms. The van der Waals surface area contributed by atoms with Crippen molar-refractivity contribution in [2.24, 2.45) is 0 Å². The van der Waals surface area contributed by atoms with Crippen molar-refractivity contribution in [3.63, 3.8) is 0 Å². The van der Waals surface area contributed by atoms with Gasteiger partial charge in [0, 0.05) is 6.07 Å². The largest absolute Gasteiger partial charge is 0.464 e. The van der Waals surface area contributed by atoms with Crippen molar-refractivity contribution in [2.75, 3.05) is 13.7 Å². The summed E-state index contributed by atoms with van der Waals surface area (Å²) in [6.07, 6.45) is -0.389. The third kappa shape index (κ3) is 2.09. The molecule has 0 N–H and O–H groups in total. The molecular formula is C10H10N2O5. The van der Waals surface area contributed by atoms with E-state index in [2.05, 4.69) is 9.72 Å². The van der Waals surface area contributed by atoms with Crippen LogP contribution >= 0.6 is 0 Å². The highest BCUT2D eigenvalue weighted by Gasteiger charge is 2.35. The predicted molar refractivity (Wildman–Crippen MR) is 55.7 cm³/mol. The number of epoxide rings is 1. The zero-order valence-electron chi connectivity index (χ0n) is 9.30. The Morgan fingerprint density at radius 1 is 1.71 bits per heavy atom. The van der Waals surface area contributed by atoms with Gasteiger partial charge in [0.05, 0.1) is 18.6 Å². The third-order valence-electron chi connectivity index (χ3n) is 2.44. The molecular weight excluding hydrogens is 228 g/mol. The number of methoxy groups -OCH3 is 1. The maximum atomic E-state index is 11.4. The van der Waals surface area contributed by atoms with E-state index in [0.29, 0.717) is 12.2 Å². The second-order valence-electron chi connectivity index (χ2n) is 3.63. The topological polar surface area (TPSA) is 94.9 Å². The highest BCUT2D eigenvalue weighted by molar-refractivity contribution is 5.89. The fourth-order valence-corrected chi connectivity index (χ4v) is 1.51. The summed E-state index contributed by atoms with van der Waals surface area (Å²) in [6, 6.07) is 1.32. The molecule has 7 nitrogen and oxygen atoms in total. The van der Waals surface area contributed by atoms with Gasteiger partial charge in [-0.2, -0.15) is 0 Å². The summed E-state index contributed by atoms with van der Waals surface area (Å²) in [4.78, 5) is 25.7. The van der Waals surface area contributed by atoms with Gasteiger partial charge in [-0.15, -0.1) is 0 Å². The number of carbonyl (C=O) groups is 1. The van der Waals surface area contributed by atoms with Crippen molar-refractivity contribution >= 4 is 11.7 Å². The highest BCUT2D eigenvalue weighted by Crippen LogP contribution is 2.35. The molecule has 2 rings (SSSR count). The minimum absolute atomic E-state index is 0.0867. The summed E-state index contributed by atoms with van der Waals surface area (Å²) in [5, 5.41) is 10.9. The molecule has 1 fully saturated rings. The molecule has 0 amide bonds. The lowest BCUT2D eigenvalue weighted by Crippen LogP contribution is -2.10. The van der Waals surface area contributed by atoms with Gasteiger partial charge in [-0.1, -0.05) is 0 Å². The van der Waals surface area contributed by atoms with Crippen LogP contribution in [-0.4, -0.2) is 29.6 Å². The predicted octanol–water partition coefficient (Wildman–Crippen LogP) is 1.16. The minimum Gasteiger partial charge on any atom is -0.464 e. The van der Waals surface area contributed by atoms with Crippen LogP contribution in [0.25, 0.3) is 0 Å². The van der Waals surface area contributed by atoms with Crippen LogP contribution in [0.5, 0.6) is 0 Å². The zero-order valence-corrected chi connectivity index (χ0v) is 9.30. The first-order chi connectivity index (χ1) is 8.04. The molecule has 1 saturated heterocycles. The maximum absolute atomic E-state index is 11.4. The first-order valence-corrected chi connectivity index (χ1v) is 4.90. The van der Waals surface area contributed by atoms with Crippen LogP contribution in [-0.2, 0) is 9.47 Å². The van der Waals surface area contributed by atoms with Crippen molar-refractivity contribution in [2.45, 2.75) is 13.0 Å². The first kappa shape index (κ1) is 11.5. The number of ether oxygens (including phenoxy) is 2. The van der Waals surface area contributed by atoms with Gasteiger partial charge in [-0.25, -0.2) is 9.78 Å². The second kappa shape index (κ2) is 4.10. The lowest BCUT2D eigenvalue weighted by Gasteiger charge is -2.05. The summed E-state index contributed by atoms with van der Waals surface area (Å²) >= 11 is 0. The van der Waals surface area contributed by atoms with Crippen molar-refractivity contribution in [1.82, 2.24) is 4.98 Å². The number of nitro groups is 1. The Morgan fingerprint density at radius 3 is 2.82 bits per heavy atom. The van der Waals surface area contributed by atoms with E-state index in [9.17, 15) is 14.9 Å². The van der Waals surface area contributed by atoms with E-state index in [1.54, 1.807) is 6.92 Å². The Labute approximate surface area is 96.5 Å². The standard InChI is InChI=1S/C10H10N2O5/c1-5-3-6(12(14)15)9(7-4-17-7)11-8(5)10(13)16-2/h3,7H,4H2,1-2H3. The van der Waals surface area contributed by atoms with Gasteiger partial charge in [0.25, 0.3) is 5.69 Å². The SMILES string of the molecule is COC(=O)c1nc(C2CO2)c([N+](=O)[O-])cc1C. The third-order valence-corrected chi connectivity index (χ3v) is 2.44. The van der Waals surface area contributed by atoms with Gasteiger partial charge in [-0.3, -0.25) is 10.1 Å². The Hall–Kier alpha value is -2.02. The molecule has 1 aliphatic heterocycles. The van der Waals surface area contributed by atoms with E-state index in [1.807, 2.05) is 0 Å². The second-order valence-corrected chi connectivity index (χ2v) is 3.63. The monoisotopic (exact) mass is 238 g/mol. The van der Waals surface area contributed by atoms with Gasteiger partial charge < -0.3 is 9.47 Å². The van der Waals surface area contributed by atoms with Crippen LogP contribution < -0.4 is 0 Å². The molecule has 1 aromatic rings. The maximum Gasteiger partial charge on any atom is 0.356 e. The average Bonchev–Trinajstić information content (AvgIpc) is 3.11. The number of carbonyl (C=O) groups excluding carboxylic acids is 1. The molecule has 1 unspecified atom stereocenters. The van der Waals surface area contributed by atoms with E-state index in [0.717, 1.165) is 0 Å². The van der Waals surface area contributed by atoms with Crippen LogP contribution in [0, 0.1) is 17.0 Å². The number of hydrogen-bond acceptors (Lipinski definition) is 6. The van der Waals surface area contributed by atoms with Crippen molar-refractivity contribution < 1.29 is 19.2 Å². The van der Waals surface area contributed by atoms with E-state index >= 15 is 0 Å². The van der Waals surface area contributed by atoms with Crippen LogP contribution in [0.15, 0.2) is 6.07 Å². The molecule has 0 aliphatic carbocycles. The minimum atomic E-state index is -0.612. The Balaban J connectivity index is 2.54. The van der Waals surface area contributed by atoms with E-state index in [1.165, 1.54) is 13.2 Å². The van der Waals surface area contributed by atoms with Crippen LogP contribution in [0.3, 0.4) is 0 Å². The van der Waals surface area contributed by atoms with E-state index < -0.39 is 10.9 Å². The number of aromatic nitrogens is 1. The smallest absolute Gasteiger partial charge is 0.356 e. The van der Waals surface area contributed by atoms with Gasteiger partial charge in [-0.05, 0) is 12.5 Å². The lowest BCUT2D eigenvalue weighted by atomic mass is 10.1. The van der Waals surface area contributed by atoms with E-state index in [4.69, 9.17) is 4.74 Å². The summed E-state index contributed by atoms with van der Waals surface area (Å²) in [7, 11) is 1.23. The molecule has 1 aromatic heterocycles. The number of nitrogens with zero attached hydrogens (tertiary/aromatic N) is 2. The summed E-state index contributed by atoms with van der Waals surface area (Å²) in [6.45, 7) is 1.96. The molecule has 0 bridgehead atoms. The number of rotatable bonds is 3. The van der Waals surface area contributed by atoms with Gasteiger partial charge in [0.2, 0.25) is 0 Å². The quantitative estimate of drug-likeness (QED) is 0.339. The van der Waals surface area contributed by atoms with Gasteiger partial charge >= 0.3 is 5.97 Å². The molecule has 7 heteroatoms. The Kier molecular flexibility index (Phi) is 2.76. The average molecular weight is 238 g/mol. The molecule has 0 radical (unpaired) electrons. The summed E-state index contributed by atoms with van der Waals surface area (Å²) in [5.74, 6) is -0.612. The zero-order chi connectivity index (χ0) is 12.6. The first-order valence-electron chi connectivity index (χ1n) is 4.90. The fraction of sp³-hybridized carbons (Fsp3) is 0.400. The molecule has 1 atom stereocenters. The Morgan fingerprint density at radius 2 is 2.35 bits per heavy atom. The van der Waals surface area contributed by atoms with Crippen LogP contribution in [0.2, 0.25) is 0 Å². The fourth-order valence-electron chi connectivity index (χ4n) is 1.51. The van der Waals surface area contributed by atoms with Crippen molar-refractivity contribution in [3.8, 4) is 0 Å². The molecule has 0 saturated carbocycles. The lowest BCUT2D eigenvalue weighted by molar-refractivity contribution is -0.386. The number of esters is 1. The number of hydrogen-bond donors (Lipinski definition) is 0. The highest BCUT2D eigenvalue weighted by atomic mass is 16.6. The van der Waals surface area contributed by atoms with Crippen LogP contribution in [0.1, 0.15) is 27.8 Å². The normalized spacial score (nSPS) is 17.6. The molecule has 0 spiro atoms. The molecule has 90 valence electrons. The Bertz CT molecular complexity index is 496. The number of aryl methyl sites for hydroxylation is 1. The van der Waals surface area contributed by atoms with Gasteiger partial charge in [0.15, 0.2) is 5.69 Å². The van der Waals surface area contributed by atoms with Crippen LogP contribution in [0.4, 0.5) is 5.69 Å². The van der Waals surface area contributed by atoms with Crippen molar-refractivity contribution in [3.05, 3.63) is 33.1 Å². The molecule has 1 aliphatic rings. The van der Waals surface area contributed by atoms with Crippen molar-refractivity contribution in [1.29, 1.82) is 0 Å². The van der Waals surface area contributed by atoms with E-state index in [-0.39, 0.29) is 23.2 Å². The number of pyridine rings is 1. The summed E-state index contributed by atoms with van der Waals surface area (Å²) in [5.41, 5.74) is 0.551. The molecule has 0 aromatic carbocycles. The van der Waals surface area contributed by atoms with Gasteiger partial charge in [0.1, 0.15) is 11.8 Å². The molecule has 2 heterocycles. The summed E-state index contributed by atoms with van der Waals surface area (Å²) < 4.78 is 9.54.